The van der Waals surface area contributed by atoms with Crippen LogP contribution in [0.25, 0.3) is 0 Å². The van der Waals surface area contributed by atoms with Crippen LogP contribution in [-0.2, 0) is 6.54 Å². The third-order valence-electron chi connectivity index (χ3n) is 2.90. The molecule has 2 nitrogen and oxygen atoms in total. The molecule has 94 valence electrons. The van der Waals surface area contributed by atoms with Gasteiger partial charge in [-0.05, 0) is 24.9 Å². The molecule has 0 aliphatic carbocycles. The first-order valence-electron chi connectivity index (χ1n) is 6.26. The normalized spacial score (nSPS) is 12.6. The Morgan fingerprint density at radius 3 is 2.41 bits per heavy atom. The van der Waals surface area contributed by atoms with E-state index in [1.54, 1.807) is 0 Å². The lowest BCUT2D eigenvalue weighted by molar-refractivity contribution is 0.229. The molecule has 1 rings (SSSR count). The number of rotatable bonds is 7. The van der Waals surface area contributed by atoms with Gasteiger partial charge >= 0.3 is 0 Å². The van der Waals surface area contributed by atoms with E-state index in [2.05, 4.69) is 43.0 Å². The topological polar surface area (TPSA) is 29.3 Å². The summed E-state index contributed by atoms with van der Waals surface area (Å²) in [6.45, 7) is 6.27. The summed E-state index contributed by atoms with van der Waals surface area (Å²) in [6.07, 6.45) is 2.09. The van der Waals surface area contributed by atoms with E-state index in [9.17, 15) is 0 Å². The molecule has 1 aromatic rings. The molecular weight excluding hydrogens is 228 g/mol. The highest BCUT2D eigenvalue weighted by Crippen LogP contribution is 2.12. The van der Waals surface area contributed by atoms with Crippen LogP contribution in [0.4, 0.5) is 0 Å². The van der Waals surface area contributed by atoms with Crippen molar-refractivity contribution >= 4 is 17.2 Å². The number of nitrogens with zero attached hydrogens (tertiary/aromatic N) is 1. The molecule has 0 saturated carbocycles. The third kappa shape index (κ3) is 4.44. The van der Waals surface area contributed by atoms with Crippen molar-refractivity contribution in [3.8, 4) is 0 Å². The Balaban J connectivity index is 2.75. The van der Waals surface area contributed by atoms with E-state index in [4.69, 9.17) is 18.0 Å². The van der Waals surface area contributed by atoms with E-state index in [-0.39, 0.29) is 6.04 Å². The molecule has 0 heterocycles. The Labute approximate surface area is 110 Å². The Morgan fingerprint density at radius 2 is 1.94 bits per heavy atom. The number of benzene rings is 1. The summed E-state index contributed by atoms with van der Waals surface area (Å²) in [5, 5.41) is 0. The molecule has 1 unspecified atom stereocenters. The van der Waals surface area contributed by atoms with Crippen LogP contribution in [0.5, 0.6) is 0 Å². The predicted octanol–water partition coefficient (Wildman–Crippen LogP) is 2.96. The Hall–Kier alpha value is -0.930. The van der Waals surface area contributed by atoms with E-state index >= 15 is 0 Å². The third-order valence-corrected chi connectivity index (χ3v) is 3.17. The van der Waals surface area contributed by atoms with Crippen LogP contribution in [0.3, 0.4) is 0 Å². The fourth-order valence-corrected chi connectivity index (χ4v) is 2.41. The van der Waals surface area contributed by atoms with Crippen LogP contribution in [-0.4, -0.2) is 22.5 Å². The van der Waals surface area contributed by atoms with Gasteiger partial charge in [-0.15, -0.1) is 0 Å². The fraction of sp³-hybridized carbons (Fsp3) is 0.500. The minimum atomic E-state index is 0.213. The van der Waals surface area contributed by atoms with E-state index in [0.717, 1.165) is 25.9 Å². The van der Waals surface area contributed by atoms with Gasteiger partial charge in [0, 0.05) is 6.54 Å². The maximum Gasteiger partial charge on any atom is 0.0902 e. The molecule has 0 aliphatic rings. The van der Waals surface area contributed by atoms with Gasteiger partial charge in [-0.25, -0.2) is 0 Å². The van der Waals surface area contributed by atoms with E-state index < -0.39 is 0 Å². The van der Waals surface area contributed by atoms with Crippen molar-refractivity contribution in [3.05, 3.63) is 35.9 Å². The summed E-state index contributed by atoms with van der Waals surface area (Å²) in [6, 6.07) is 10.7. The largest absolute Gasteiger partial charge is 0.392 e. The first-order chi connectivity index (χ1) is 8.19. The maximum atomic E-state index is 5.82. The minimum Gasteiger partial charge on any atom is -0.392 e. The summed E-state index contributed by atoms with van der Waals surface area (Å²) < 4.78 is 0. The van der Waals surface area contributed by atoms with E-state index in [1.165, 1.54) is 5.56 Å². The van der Waals surface area contributed by atoms with Gasteiger partial charge in [0.25, 0.3) is 0 Å². The predicted molar refractivity (Wildman–Crippen MR) is 78.0 cm³/mol. The first-order valence-corrected chi connectivity index (χ1v) is 6.67. The molecule has 1 aromatic carbocycles. The number of hydrogen-bond donors (Lipinski definition) is 1. The van der Waals surface area contributed by atoms with Crippen LogP contribution in [0.2, 0.25) is 0 Å². The van der Waals surface area contributed by atoms with Gasteiger partial charge in [0.1, 0.15) is 0 Å². The Kier molecular flexibility index (Phi) is 6.16. The van der Waals surface area contributed by atoms with Crippen molar-refractivity contribution < 1.29 is 0 Å². The monoisotopic (exact) mass is 250 g/mol. The molecule has 0 fully saturated rings. The van der Waals surface area contributed by atoms with E-state index in [0.29, 0.717) is 4.99 Å². The highest BCUT2D eigenvalue weighted by atomic mass is 32.1. The molecule has 0 aliphatic heterocycles. The highest BCUT2D eigenvalue weighted by molar-refractivity contribution is 7.80. The highest BCUT2D eigenvalue weighted by Gasteiger charge is 2.18. The lowest BCUT2D eigenvalue weighted by atomic mass is 10.1. The van der Waals surface area contributed by atoms with Gasteiger partial charge in [0.05, 0.1) is 11.0 Å². The Bertz CT molecular complexity index is 337. The van der Waals surface area contributed by atoms with Crippen LogP contribution >= 0.6 is 12.2 Å². The summed E-state index contributed by atoms with van der Waals surface area (Å²) in [5.41, 5.74) is 7.14. The summed E-state index contributed by atoms with van der Waals surface area (Å²) >= 11 is 5.16. The molecule has 0 spiro atoms. The van der Waals surface area contributed by atoms with Gasteiger partial charge in [-0.3, -0.25) is 4.90 Å². The zero-order chi connectivity index (χ0) is 12.7. The van der Waals surface area contributed by atoms with Crippen molar-refractivity contribution in [2.45, 2.75) is 39.3 Å². The fourth-order valence-electron chi connectivity index (χ4n) is 2.09. The molecule has 17 heavy (non-hydrogen) atoms. The van der Waals surface area contributed by atoms with Gasteiger partial charge in [-0.2, -0.15) is 0 Å². The molecule has 1 atom stereocenters. The van der Waals surface area contributed by atoms with Crippen LogP contribution < -0.4 is 5.73 Å². The maximum absolute atomic E-state index is 5.82. The molecule has 2 N–H and O–H groups in total. The molecule has 0 aromatic heterocycles. The average Bonchev–Trinajstić information content (AvgIpc) is 2.31. The first kappa shape index (κ1) is 14.1. The van der Waals surface area contributed by atoms with E-state index in [1.807, 2.05) is 6.07 Å². The second-order valence-corrected chi connectivity index (χ2v) is 4.75. The van der Waals surface area contributed by atoms with Gasteiger partial charge in [-0.1, -0.05) is 56.4 Å². The second-order valence-electron chi connectivity index (χ2n) is 4.28. The van der Waals surface area contributed by atoms with Gasteiger partial charge in [0.15, 0.2) is 0 Å². The minimum absolute atomic E-state index is 0.213. The van der Waals surface area contributed by atoms with Crippen molar-refractivity contribution in [2.24, 2.45) is 5.73 Å². The lowest BCUT2D eigenvalue weighted by Crippen LogP contribution is -2.43. The summed E-state index contributed by atoms with van der Waals surface area (Å²) in [5.74, 6) is 0. The molecule has 0 saturated heterocycles. The summed E-state index contributed by atoms with van der Waals surface area (Å²) in [4.78, 5) is 2.98. The van der Waals surface area contributed by atoms with Crippen molar-refractivity contribution in [3.63, 3.8) is 0 Å². The SMILES string of the molecule is CCCN(Cc1ccccc1)C(CC)C(N)=S. The smallest absolute Gasteiger partial charge is 0.0902 e. The van der Waals surface area contributed by atoms with Crippen LogP contribution in [0.1, 0.15) is 32.3 Å². The quantitative estimate of drug-likeness (QED) is 0.754. The van der Waals surface area contributed by atoms with Crippen molar-refractivity contribution in [1.82, 2.24) is 4.90 Å². The zero-order valence-corrected chi connectivity index (χ0v) is 11.5. The molecule has 0 amide bonds. The molecule has 3 heteroatoms. The zero-order valence-electron chi connectivity index (χ0n) is 10.7. The Morgan fingerprint density at radius 1 is 1.29 bits per heavy atom. The molecule has 0 radical (unpaired) electrons. The summed E-state index contributed by atoms with van der Waals surface area (Å²) in [7, 11) is 0. The average molecular weight is 250 g/mol. The molecule has 0 bridgehead atoms. The van der Waals surface area contributed by atoms with Crippen molar-refractivity contribution in [2.75, 3.05) is 6.54 Å². The molecular formula is C14H22N2S. The number of thiocarbonyl (C=S) groups is 1. The standard InChI is InChI=1S/C14H22N2S/c1-3-10-16(13(4-2)14(15)17)11-12-8-6-5-7-9-12/h5-9,13H,3-4,10-11H2,1-2H3,(H2,15,17). The van der Waals surface area contributed by atoms with Crippen LogP contribution in [0, 0.1) is 0 Å². The lowest BCUT2D eigenvalue weighted by Gasteiger charge is -2.30. The second kappa shape index (κ2) is 7.41. The van der Waals surface area contributed by atoms with Gasteiger partial charge < -0.3 is 5.73 Å². The number of hydrogen-bond acceptors (Lipinski definition) is 2. The van der Waals surface area contributed by atoms with Crippen molar-refractivity contribution in [1.29, 1.82) is 0 Å². The van der Waals surface area contributed by atoms with Crippen LogP contribution in [0.15, 0.2) is 30.3 Å². The van der Waals surface area contributed by atoms with Gasteiger partial charge in [0.2, 0.25) is 0 Å². The number of nitrogens with two attached hydrogens (primary N) is 1.